The fourth-order valence-corrected chi connectivity index (χ4v) is 3.26. The van der Waals surface area contributed by atoms with Crippen molar-refractivity contribution in [3.8, 4) is 0 Å². The summed E-state index contributed by atoms with van der Waals surface area (Å²) in [5, 5.41) is 0. The average molecular weight is 387 g/mol. The van der Waals surface area contributed by atoms with E-state index in [0.717, 1.165) is 48.4 Å². The van der Waals surface area contributed by atoms with E-state index in [1.807, 2.05) is 0 Å². The summed E-state index contributed by atoms with van der Waals surface area (Å²) >= 11 is 0. The van der Waals surface area contributed by atoms with Crippen LogP contribution in [0, 0.1) is 0 Å². The first-order chi connectivity index (χ1) is 13.4. The van der Waals surface area contributed by atoms with Crippen molar-refractivity contribution in [1.82, 2.24) is 0 Å². The molecule has 154 valence electrons. The van der Waals surface area contributed by atoms with Crippen molar-refractivity contribution in [2.24, 2.45) is 0 Å². The molecular weight excluding hydrogens is 348 g/mol. The monoisotopic (exact) mass is 386 g/mol. The van der Waals surface area contributed by atoms with E-state index in [1.54, 1.807) is 0 Å². The Bertz CT molecular complexity index is 597. The summed E-state index contributed by atoms with van der Waals surface area (Å²) < 4.78 is 13.4. The number of hydrogen-bond acceptors (Lipinski definition) is 2. The van der Waals surface area contributed by atoms with Crippen molar-refractivity contribution >= 4 is 0 Å². The van der Waals surface area contributed by atoms with Crippen molar-refractivity contribution in [2.45, 2.75) is 13.1 Å². The maximum Gasteiger partial charge on any atom is 0.104 e. The van der Waals surface area contributed by atoms with Crippen LogP contribution in [0.1, 0.15) is 11.1 Å². The van der Waals surface area contributed by atoms with Crippen LogP contribution in [0.3, 0.4) is 0 Å². The number of nitrogens with zero attached hydrogens (tertiary/aromatic N) is 2. The molecule has 0 spiro atoms. The van der Waals surface area contributed by atoms with Gasteiger partial charge in [-0.05, 0) is 0 Å². The van der Waals surface area contributed by atoms with Gasteiger partial charge in [-0.25, -0.2) is 0 Å². The summed E-state index contributed by atoms with van der Waals surface area (Å²) in [6.45, 7) is 6.89. The van der Waals surface area contributed by atoms with Crippen LogP contribution in [0.2, 0.25) is 0 Å². The lowest BCUT2D eigenvalue weighted by molar-refractivity contribution is -0.904. The highest BCUT2D eigenvalue weighted by molar-refractivity contribution is 5.14. The normalized spacial score (nSPS) is 12.3. The Morgan fingerprint density at radius 2 is 0.893 bits per heavy atom. The second-order valence-corrected chi connectivity index (χ2v) is 8.83. The second kappa shape index (κ2) is 11.3. The lowest BCUT2D eigenvalue weighted by Crippen LogP contribution is -2.42. The largest absolute Gasteiger partial charge is 0.373 e. The molecule has 4 heteroatoms. The number of ether oxygens (including phenoxy) is 2. The highest BCUT2D eigenvalue weighted by Gasteiger charge is 2.16. The van der Waals surface area contributed by atoms with Gasteiger partial charge in [0.05, 0.1) is 54.6 Å². The van der Waals surface area contributed by atoms with Crippen LogP contribution in [0.5, 0.6) is 0 Å². The third-order valence-electron chi connectivity index (χ3n) is 4.96. The van der Waals surface area contributed by atoms with Gasteiger partial charge in [-0.2, -0.15) is 0 Å². The van der Waals surface area contributed by atoms with Crippen molar-refractivity contribution in [3.63, 3.8) is 0 Å². The Kier molecular flexibility index (Phi) is 9.13. The molecule has 0 saturated carbocycles. The first-order valence-corrected chi connectivity index (χ1v) is 10.2. The van der Waals surface area contributed by atoms with Crippen molar-refractivity contribution in [1.29, 1.82) is 0 Å². The van der Waals surface area contributed by atoms with Crippen LogP contribution in [0.4, 0.5) is 0 Å². The van der Waals surface area contributed by atoms with Crippen molar-refractivity contribution in [2.75, 3.05) is 67.7 Å². The van der Waals surface area contributed by atoms with Crippen LogP contribution in [0.25, 0.3) is 0 Å². The predicted octanol–water partition coefficient (Wildman–Crippen LogP) is 3.57. The van der Waals surface area contributed by atoms with Crippen molar-refractivity contribution < 1.29 is 18.4 Å². The van der Waals surface area contributed by atoms with Gasteiger partial charge in [0.15, 0.2) is 0 Å². The van der Waals surface area contributed by atoms with Crippen LogP contribution in [-0.4, -0.2) is 76.7 Å². The molecule has 28 heavy (non-hydrogen) atoms. The fraction of sp³-hybridized carbons (Fsp3) is 0.500. The molecule has 0 N–H and O–H groups in total. The number of rotatable bonds is 13. The first-order valence-electron chi connectivity index (χ1n) is 10.2. The Balaban J connectivity index is 1.52. The number of quaternary nitrogens is 2. The highest BCUT2D eigenvalue weighted by Crippen LogP contribution is 2.09. The molecule has 0 unspecified atom stereocenters. The molecule has 0 aliphatic rings. The van der Waals surface area contributed by atoms with E-state index in [1.165, 1.54) is 11.1 Å². The topological polar surface area (TPSA) is 18.5 Å². The zero-order valence-electron chi connectivity index (χ0n) is 18.1. The lowest BCUT2D eigenvalue weighted by Gasteiger charge is -2.30. The summed E-state index contributed by atoms with van der Waals surface area (Å²) in [7, 11) is 9.00. The molecule has 2 aromatic carbocycles. The number of benzene rings is 2. The molecule has 0 aliphatic carbocycles. The van der Waals surface area contributed by atoms with Gasteiger partial charge in [0.1, 0.15) is 26.2 Å². The Morgan fingerprint density at radius 1 is 0.536 bits per heavy atom. The van der Waals surface area contributed by atoms with Gasteiger partial charge in [0, 0.05) is 11.1 Å². The zero-order valence-corrected chi connectivity index (χ0v) is 18.1. The third kappa shape index (κ3) is 9.47. The van der Waals surface area contributed by atoms with E-state index in [2.05, 4.69) is 88.9 Å². The van der Waals surface area contributed by atoms with E-state index in [0.29, 0.717) is 13.2 Å². The lowest BCUT2D eigenvalue weighted by atomic mass is 10.2. The predicted molar refractivity (Wildman–Crippen MR) is 116 cm³/mol. The minimum absolute atomic E-state index is 0.664. The van der Waals surface area contributed by atoms with E-state index >= 15 is 0 Å². The Labute approximate surface area is 171 Å². The summed E-state index contributed by atoms with van der Waals surface area (Å²) in [6.07, 6.45) is 0. The molecule has 0 bridgehead atoms. The maximum atomic E-state index is 5.79. The maximum absolute atomic E-state index is 5.79. The molecule has 0 amide bonds. The van der Waals surface area contributed by atoms with Gasteiger partial charge in [0.25, 0.3) is 0 Å². The highest BCUT2D eigenvalue weighted by atomic mass is 16.5. The van der Waals surface area contributed by atoms with Gasteiger partial charge >= 0.3 is 0 Å². The molecule has 0 fully saturated rings. The smallest absolute Gasteiger partial charge is 0.104 e. The minimum Gasteiger partial charge on any atom is -0.373 e. The van der Waals surface area contributed by atoms with Crippen LogP contribution in [-0.2, 0) is 22.6 Å². The molecule has 0 heterocycles. The second-order valence-electron chi connectivity index (χ2n) is 8.83. The number of hydrogen-bond donors (Lipinski definition) is 0. The minimum atomic E-state index is 0.664. The zero-order chi connectivity index (χ0) is 20.3. The van der Waals surface area contributed by atoms with Crippen LogP contribution >= 0.6 is 0 Å². The summed E-state index contributed by atoms with van der Waals surface area (Å²) in [4.78, 5) is 0. The quantitative estimate of drug-likeness (QED) is 0.387. The fourth-order valence-electron chi connectivity index (χ4n) is 3.26. The molecule has 0 radical (unpaired) electrons. The molecule has 4 nitrogen and oxygen atoms in total. The molecular formula is C24H38N2O2+2. The van der Waals surface area contributed by atoms with Gasteiger partial charge in [-0.15, -0.1) is 0 Å². The molecule has 2 aromatic rings. The van der Waals surface area contributed by atoms with Crippen LogP contribution in [0.15, 0.2) is 60.7 Å². The Morgan fingerprint density at radius 3 is 1.25 bits per heavy atom. The number of likely N-dealkylation sites (N-methyl/N-ethyl adjacent to an activating group) is 2. The van der Waals surface area contributed by atoms with Gasteiger partial charge in [0.2, 0.25) is 0 Å². The van der Waals surface area contributed by atoms with Gasteiger partial charge in [-0.3, -0.25) is 0 Å². The average Bonchev–Trinajstić information content (AvgIpc) is 2.64. The van der Waals surface area contributed by atoms with Crippen molar-refractivity contribution in [3.05, 3.63) is 71.8 Å². The van der Waals surface area contributed by atoms with E-state index < -0.39 is 0 Å². The van der Waals surface area contributed by atoms with E-state index in [4.69, 9.17) is 9.47 Å². The van der Waals surface area contributed by atoms with E-state index in [-0.39, 0.29) is 0 Å². The third-order valence-corrected chi connectivity index (χ3v) is 4.96. The van der Waals surface area contributed by atoms with Gasteiger partial charge in [-0.1, -0.05) is 60.7 Å². The summed E-state index contributed by atoms with van der Waals surface area (Å²) in [5.41, 5.74) is 2.74. The first kappa shape index (κ1) is 22.6. The van der Waals surface area contributed by atoms with Crippen LogP contribution < -0.4 is 0 Å². The SMILES string of the molecule is C[N+](C)(CCOCCOCC[N+](C)(C)Cc1ccccc1)Cc1ccccc1. The van der Waals surface area contributed by atoms with E-state index in [9.17, 15) is 0 Å². The molecule has 0 aliphatic heterocycles. The van der Waals surface area contributed by atoms with Gasteiger partial charge < -0.3 is 18.4 Å². The molecule has 0 atom stereocenters. The molecule has 2 rings (SSSR count). The standard InChI is InChI=1S/C24H38N2O2/c1-25(2,21-23-11-7-5-8-12-23)15-17-27-19-20-28-18-16-26(3,4)22-24-13-9-6-10-14-24/h5-14H,15-22H2,1-4H3/q+2. The summed E-state index contributed by atoms with van der Waals surface area (Å²) in [5.74, 6) is 0. The summed E-state index contributed by atoms with van der Waals surface area (Å²) in [6, 6.07) is 21.3. The Hall–Kier alpha value is -1.72. The molecule has 0 aromatic heterocycles. The molecule has 0 saturated heterocycles.